The molecule has 0 radical (unpaired) electrons. The maximum absolute atomic E-state index is 6.13. The minimum Gasteiger partial charge on any atom is -0.469 e. The van der Waals surface area contributed by atoms with Gasteiger partial charge in [-0.15, -0.1) is 11.3 Å². The topological polar surface area (TPSA) is 25.2 Å². The Morgan fingerprint density at radius 1 is 1.41 bits per heavy atom. The lowest BCUT2D eigenvalue weighted by molar-refractivity contribution is 0.526. The summed E-state index contributed by atoms with van der Waals surface area (Å²) < 4.78 is 6.25. The second kappa shape index (κ2) is 5.25. The van der Waals surface area contributed by atoms with E-state index >= 15 is 0 Å². The van der Waals surface area contributed by atoms with Crippen molar-refractivity contribution in [2.45, 2.75) is 26.8 Å². The minimum atomic E-state index is 0.175. The zero-order valence-electron chi connectivity index (χ0n) is 10.2. The molecular weight excluding hydrogens is 254 g/mol. The van der Waals surface area contributed by atoms with Crippen molar-refractivity contribution in [2.75, 3.05) is 6.54 Å². The highest BCUT2D eigenvalue weighted by molar-refractivity contribution is 7.16. The zero-order chi connectivity index (χ0) is 12.4. The van der Waals surface area contributed by atoms with Crippen molar-refractivity contribution in [3.8, 4) is 0 Å². The molecule has 1 N–H and O–H groups in total. The quantitative estimate of drug-likeness (QED) is 0.895. The highest BCUT2D eigenvalue weighted by Crippen LogP contribution is 2.34. The molecule has 2 nitrogen and oxygen atoms in total. The number of rotatable bonds is 4. The van der Waals surface area contributed by atoms with Gasteiger partial charge in [-0.05, 0) is 38.1 Å². The summed E-state index contributed by atoms with van der Waals surface area (Å²) >= 11 is 7.76. The third-order valence-corrected chi connectivity index (χ3v) is 4.27. The number of aryl methyl sites for hydroxylation is 2. The van der Waals surface area contributed by atoms with Crippen molar-refractivity contribution in [3.63, 3.8) is 0 Å². The van der Waals surface area contributed by atoms with Crippen LogP contribution >= 0.6 is 22.9 Å². The molecule has 0 saturated carbocycles. The molecule has 17 heavy (non-hydrogen) atoms. The number of hydrogen-bond donors (Lipinski definition) is 1. The third-order valence-electron chi connectivity index (χ3n) is 2.65. The molecule has 2 heterocycles. The maximum Gasteiger partial charge on any atom is 0.101 e. The molecule has 0 aliphatic rings. The highest BCUT2D eigenvalue weighted by atomic mass is 35.5. The van der Waals surface area contributed by atoms with Crippen LogP contribution in [0.2, 0.25) is 4.34 Å². The van der Waals surface area contributed by atoms with Crippen molar-refractivity contribution in [1.82, 2.24) is 5.32 Å². The van der Waals surface area contributed by atoms with Gasteiger partial charge in [-0.2, -0.15) is 0 Å². The molecule has 92 valence electrons. The van der Waals surface area contributed by atoms with E-state index < -0.39 is 0 Å². The van der Waals surface area contributed by atoms with E-state index in [1.807, 2.05) is 20.1 Å². The average molecular weight is 270 g/mol. The number of thiophene rings is 1. The Hall–Kier alpha value is -0.770. The van der Waals surface area contributed by atoms with Gasteiger partial charge >= 0.3 is 0 Å². The summed E-state index contributed by atoms with van der Waals surface area (Å²) in [5, 5.41) is 3.46. The number of furan rings is 1. The van der Waals surface area contributed by atoms with Gasteiger partial charge in [0.25, 0.3) is 0 Å². The van der Waals surface area contributed by atoms with Gasteiger partial charge in [0.1, 0.15) is 5.76 Å². The fraction of sp³-hybridized carbons (Fsp3) is 0.385. The van der Waals surface area contributed by atoms with Crippen LogP contribution in [0.1, 0.15) is 34.7 Å². The molecule has 1 unspecified atom stereocenters. The summed E-state index contributed by atoms with van der Waals surface area (Å²) in [7, 11) is 0. The molecule has 4 heteroatoms. The Bertz CT molecular complexity index is 484. The number of halogens is 1. The standard InChI is InChI=1S/C13H16ClNOS/c1-4-15-12(10-6-9(3)16-7-10)11-5-8(2)13(14)17-11/h5-7,12,15H,4H2,1-3H3. The van der Waals surface area contributed by atoms with Crippen LogP contribution in [0.3, 0.4) is 0 Å². The van der Waals surface area contributed by atoms with E-state index in [9.17, 15) is 0 Å². The van der Waals surface area contributed by atoms with Gasteiger partial charge in [-0.25, -0.2) is 0 Å². The Morgan fingerprint density at radius 2 is 2.18 bits per heavy atom. The molecule has 2 aromatic heterocycles. The van der Waals surface area contributed by atoms with Crippen LogP contribution in [0, 0.1) is 13.8 Å². The largest absolute Gasteiger partial charge is 0.469 e. The summed E-state index contributed by atoms with van der Waals surface area (Å²) in [5.41, 5.74) is 2.29. The van der Waals surface area contributed by atoms with Gasteiger partial charge in [0.15, 0.2) is 0 Å². The summed E-state index contributed by atoms with van der Waals surface area (Å²) in [6.45, 7) is 7.00. The van der Waals surface area contributed by atoms with Crippen LogP contribution in [0.25, 0.3) is 0 Å². The van der Waals surface area contributed by atoms with Gasteiger partial charge in [0, 0.05) is 10.4 Å². The fourth-order valence-corrected chi connectivity index (χ4v) is 3.15. The van der Waals surface area contributed by atoms with Gasteiger partial charge in [-0.3, -0.25) is 0 Å². The van der Waals surface area contributed by atoms with Crippen molar-refractivity contribution in [3.05, 3.63) is 44.5 Å². The van der Waals surface area contributed by atoms with Crippen molar-refractivity contribution in [2.24, 2.45) is 0 Å². The monoisotopic (exact) mass is 269 g/mol. The highest BCUT2D eigenvalue weighted by Gasteiger charge is 2.18. The summed E-state index contributed by atoms with van der Waals surface area (Å²) in [4.78, 5) is 1.23. The molecule has 0 aromatic carbocycles. The first-order chi connectivity index (χ1) is 8.11. The predicted octanol–water partition coefficient (Wildman–Crippen LogP) is 4.31. The molecule has 0 bridgehead atoms. The number of nitrogens with one attached hydrogen (secondary N) is 1. The van der Waals surface area contributed by atoms with E-state index in [0.29, 0.717) is 0 Å². The molecule has 0 aliphatic heterocycles. The lowest BCUT2D eigenvalue weighted by atomic mass is 10.1. The molecule has 2 rings (SSSR count). The Kier molecular flexibility index (Phi) is 3.92. The van der Waals surface area contributed by atoms with Gasteiger partial charge in [0.05, 0.1) is 16.6 Å². The van der Waals surface area contributed by atoms with E-state index in [2.05, 4.69) is 24.4 Å². The molecule has 0 amide bonds. The Morgan fingerprint density at radius 3 is 2.65 bits per heavy atom. The molecule has 1 atom stereocenters. The smallest absolute Gasteiger partial charge is 0.101 e. The van der Waals surface area contributed by atoms with E-state index in [1.165, 1.54) is 4.88 Å². The van der Waals surface area contributed by atoms with Crippen LogP contribution in [-0.2, 0) is 0 Å². The van der Waals surface area contributed by atoms with Crippen LogP contribution in [-0.4, -0.2) is 6.54 Å². The minimum absolute atomic E-state index is 0.175. The Balaban J connectivity index is 2.34. The van der Waals surface area contributed by atoms with Crippen molar-refractivity contribution in [1.29, 1.82) is 0 Å². The van der Waals surface area contributed by atoms with E-state index in [-0.39, 0.29) is 6.04 Å². The fourth-order valence-electron chi connectivity index (χ4n) is 1.83. The normalized spacial score (nSPS) is 12.9. The summed E-state index contributed by atoms with van der Waals surface area (Å²) in [6.07, 6.45) is 1.81. The van der Waals surface area contributed by atoms with Crippen LogP contribution in [0.5, 0.6) is 0 Å². The van der Waals surface area contributed by atoms with E-state index in [0.717, 1.165) is 27.8 Å². The van der Waals surface area contributed by atoms with Crippen LogP contribution in [0.4, 0.5) is 0 Å². The van der Waals surface area contributed by atoms with E-state index in [4.69, 9.17) is 16.0 Å². The SMILES string of the molecule is CCNC(c1coc(C)c1)c1cc(C)c(Cl)s1. The first-order valence-electron chi connectivity index (χ1n) is 5.66. The second-order valence-electron chi connectivity index (χ2n) is 4.09. The van der Waals surface area contributed by atoms with Gasteiger partial charge in [-0.1, -0.05) is 18.5 Å². The number of hydrogen-bond acceptors (Lipinski definition) is 3. The van der Waals surface area contributed by atoms with Gasteiger partial charge in [0.2, 0.25) is 0 Å². The Labute approximate surface area is 111 Å². The summed E-state index contributed by atoms with van der Waals surface area (Å²) in [5.74, 6) is 0.933. The lowest BCUT2D eigenvalue weighted by Gasteiger charge is -2.14. The third kappa shape index (κ3) is 2.73. The first-order valence-corrected chi connectivity index (χ1v) is 6.85. The van der Waals surface area contributed by atoms with Crippen molar-refractivity contribution < 1.29 is 4.42 Å². The molecule has 2 aromatic rings. The van der Waals surface area contributed by atoms with E-state index in [1.54, 1.807) is 11.3 Å². The van der Waals surface area contributed by atoms with Crippen LogP contribution in [0.15, 0.2) is 22.8 Å². The molecular formula is C13H16ClNOS. The predicted molar refractivity (Wildman–Crippen MR) is 73.0 cm³/mol. The molecule has 0 fully saturated rings. The molecule has 0 saturated heterocycles. The first kappa shape index (κ1) is 12.7. The lowest BCUT2D eigenvalue weighted by Crippen LogP contribution is -2.20. The maximum atomic E-state index is 6.13. The molecule has 0 spiro atoms. The van der Waals surface area contributed by atoms with Gasteiger partial charge < -0.3 is 9.73 Å². The molecule has 0 aliphatic carbocycles. The summed E-state index contributed by atoms with van der Waals surface area (Å²) in [6, 6.07) is 4.38. The second-order valence-corrected chi connectivity index (χ2v) is 5.77. The van der Waals surface area contributed by atoms with Crippen LogP contribution < -0.4 is 5.32 Å². The average Bonchev–Trinajstić information content (AvgIpc) is 2.83. The van der Waals surface area contributed by atoms with Crippen molar-refractivity contribution >= 4 is 22.9 Å². The zero-order valence-corrected chi connectivity index (χ0v) is 11.8.